The topological polar surface area (TPSA) is 37.4 Å². The van der Waals surface area contributed by atoms with Gasteiger partial charge in [-0.1, -0.05) is 80.5 Å². The van der Waals surface area contributed by atoms with E-state index in [9.17, 15) is 9.59 Å². The zero-order valence-corrected chi connectivity index (χ0v) is 19.8. The molecule has 0 saturated heterocycles. The Morgan fingerprint density at radius 3 is 1.81 bits per heavy atom. The molecule has 1 aromatic carbocycles. The summed E-state index contributed by atoms with van der Waals surface area (Å²) in [5.74, 6) is 0.0415. The second-order valence-corrected chi connectivity index (χ2v) is 9.68. The van der Waals surface area contributed by atoms with E-state index in [1.165, 1.54) is 11.3 Å². The zero-order chi connectivity index (χ0) is 20.3. The Morgan fingerprint density at radius 2 is 1.41 bits per heavy atom. The predicted molar refractivity (Wildman–Crippen MR) is 110 cm³/mol. The molecule has 0 atom stereocenters. The molecule has 1 aliphatic rings. The summed E-state index contributed by atoms with van der Waals surface area (Å²) in [6.07, 6.45) is 0.0625. The maximum Gasteiger partial charge on any atom is 1.00 e. The van der Waals surface area contributed by atoms with Gasteiger partial charge in [0.15, 0.2) is 0 Å². The zero-order valence-electron chi connectivity index (χ0n) is 18.4. The molecule has 4 heteroatoms. The summed E-state index contributed by atoms with van der Waals surface area (Å²) in [5, 5.41) is 0. The van der Waals surface area contributed by atoms with Crippen LogP contribution in [0.15, 0.2) is 24.3 Å². The van der Waals surface area contributed by atoms with Gasteiger partial charge in [-0.2, -0.15) is 0 Å². The molecular formula is C23H36AgNO2. The predicted octanol–water partition coefficient (Wildman–Crippen LogP) is 5.57. The minimum absolute atomic E-state index is 0. The van der Waals surface area contributed by atoms with Crippen LogP contribution >= 0.6 is 0 Å². The van der Waals surface area contributed by atoms with Crippen LogP contribution in [0.1, 0.15) is 74.3 Å². The van der Waals surface area contributed by atoms with E-state index in [1.807, 2.05) is 41.5 Å². The van der Waals surface area contributed by atoms with Gasteiger partial charge in [0.1, 0.15) is 11.6 Å². The Bertz CT molecular complexity index is 627. The van der Waals surface area contributed by atoms with Crippen molar-refractivity contribution in [3.8, 4) is 0 Å². The van der Waals surface area contributed by atoms with Gasteiger partial charge in [-0.3, -0.25) is 9.59 Å². The van der Waals surface area contributed by atoms with E-state index in [1.54, 1.807) is 0 Å². The van der Waals surface area contributed by atoms with Crippen molar-refractivity contribution in [1.29, 1.82) is 0 Å². The van der Waals surface area contributed by atoms with Crippen LogP contribution in [0.25, 0.3) is 0 Å². The van der Waals surface area contributed by atoms with Crippen molar-refractivity contribution >= 4 is 17.3 Å². The van der Waals surface area contributed by atoms with Crippen molar-refractivity contribution < 1.29 is 32.0 Å². The molecule has 156 valence electrons. The number of Topliss-reactive ketones (excluding diaryl/α,β-unsaturated/α-hetero) is 2. The molecule has 0 bridgehead atoms. The van der Waals surface area contributed by atoms with Crippen LogP contribution in [0.5, 0.6) is 0 Å². The maximum atomic E-state index is 11.5. The van der Waals surface area contributed by atoms with Crippen molar-refractivity contribution in [2.45, 2.75) is 74.1 Å². The summed E-state index contributed by atoms with van der Waals surface area (Å²) in [7, 11) is 0. The second kappa shape index (κ2) is 9.54. The number of carbonyl (C=O) groups is 2. The molecule has 1 aromatic rings. The smallest absolute Gasteiger partial charge is 0.522 e. The van der Waals surface area contributed by atoms with Crippen LogP contribution < -0.4 is 4.90 Å². The number of hydrogen-bond donors (Lipinski definition) is 0. The molecule has 1 aliphatic heterocycles. The van der Waals surface area contributed by atoms with Gasteiger partial charge in [-0.15, -0.1) is 5.41 Å². The van der Waals surface area contributed by atoms with Crippen LogP contribution in [-0.4, -0.2) is 18.1 Å². The van der Waals surface area contributed by atoms with Crippen LogP contribution in [-0.2, 0) is 37.4 Å². The number of carbonyl (C=O) groups excluding carboxylic acids is 2. The fourth-order valence-electron chi connectivity index (χ4n) is 2.74. The summed E-state index contributed by atoms with van der Waals surface area (Å²) in [6.45, 7) is 21.1. The fourth-order valence-corrected chi connectivity index (χ4v) is 2.74. The number of fused-ring (bicyclic) bond motifs is 1. The number of likely N-dealkylation sites (N-methyl/N-ethyl adjacent to an activating group) is 1. The van der Waals surface area contributed by atoms with Crippen LogP contribution in [0, 0.1) is 17.4 Å². The van der Waals surface area contributed by atoms with E-state index < -0.39 is 10.8 Å². The van der Waals surface area contributed by atoms with Gasteiger partial charge in [-0.25, -0.2) is 6.54 Å². The molecule has 0 N–H and O–H groups in total. The molecule has 1 heterocycles. The summed E-state index contributed by atoms with van der Waals surface area (Å²) < 4.78 is 0. The second-order valence-electron chi connectivity index (χ2n) is 9.68. The van der Waals surface area contributed by atoms with E-state index in [-0.39, 0.29) is 45.8 Å². The molecule has 0 aromatic heterocycles. The molecule has 0 aliphatic carbocycles. The fraction of sp³-hybridized carbons (Fsp3) is 0.609. The van der Waals surface area contributed by atoms with Gasteiger partial charge in [0.25, 0.3) is 0 Å². The Hall–Kier alpha value is -0.900. The summed E-state index contributed by atoms with van der Waals surface area (Å²) in [6, 6.07) is 8.65. The van der Waals surface area contributed by atoms with Gasteiger partial charge in [0.05, 0.1) is 6.42 Å². The van der Waals surface area contributed by atoms with Gasteiger partial charge in [0.2, 0.25) is 0 Å². The average Bonchev–Trinajstić information content (AvgIpc) is 2.77. The first-order chi connectivity index (χ1) is 11.7. The Morgan fingerprint density at radius 1 is 0.963 bits per heavy atom. The first-order valence-corrected chi connectivity index (χ1v) is 9.49. The summed E-state index contributed by atoms with van der Waals surface area (Å²) >= 11 is 0. The van der Waals surface area contributed by atoms with Crippen molar-refractivity contribution in [3.05, 3.63) is 36.4 Å². The normalized spacial score (nSPS) is 15.2. The molecule has 3 nitrogen and oxygen atoms in total. The monoisotopic (exact) mass is 465 g/mol. The Balaban J connectivity index is 0.000000483. The van der Waals surface area contributed by atoms with Crippen LogP contribution in [0.3, 0.4) is 0 Å². The Kier molecular flexibility index (Phi) is 9.22. The standard InChI is InChI=1S/C12H16N.C11H20O2.Ag/c1-4-13-9-12(2,3)10-7-5-6-8-11(10)13;1-10(2,3)8(12)7-9(13)11(4,5)6;/h5-9H,4H2,1-3H3;7H2,1-6H3;/q-1;;+1. The first kappa shape index (κ1) is 26.1. The van der Waals surface area contributed by atoms with E-state index in [2.05, 4.69) is 56.5 Å². The van der Waals surface area contributed by atoms with E-state index in [0.29, 0.717) is 0 Å². The van der Waals surface area contributed by atoms with Gasteiger partial charge in [-0.05, 0) is 18.2 Å². The number of benzene rings is 1. The van der Waals surface area contributed by atoms with Gasteiger partial charge in [0, 0.05) is 16.5 Å². The van der Waals surface area contributed by atoms with Crippen molar-refractivity contribution in [1.82, 2.24) is 0 Å². The van der Waals surface area contributed by atoms with Gasteiger partial charge < -0.3 is 4.90 Å². The third-order valence-electron chi connectivity index (χ3n) is 4.72. The molecular weight excluding hydrogens is 430 g/mol. The number of para-hydroxylation sites is 1. The summed E-state index contributed by atoms with van der Waals surface area (Å²) in [5.41, 5.74) is 2.21. The maximum absolute atomic E-state index is 11.5. The molecule has 0 unspecified atom stereocenters. The molecule has 2 rings (SSSR count). The minimum Gasteiger partial charge on any atom is -0.522 e. The third-order valence-corrected chi connectivity index (χ3v) is 4.72. The molecule has 0 amide bonds. The minimum atomic E-state index is -0.402. The quantitative estimate of drug-likeness (QED) is 0.332. The van der Waals surface area contributed by atoms with E-state index >= 15 is 0 Å². The molecule has 27 heavy (non-hydrogen) atoms. The number of anilines is 1. The van der Waals surface area contributed by atoms with Crippen molar-refractivity contribution in [2.75, 3.05) is 11.4 Å². The Labute approximate surface area is 181 Å². The van der Waals surface area contributed by atoms with Gasteiger partial charge >= 0.3 is 22.4 Å². The summed E-state index contributed by atoms with van der Waals surface area (Å²) in [4.78, 5) is 25.3. The largest absolute Gasteiger partial charge is 1.00 e. The van der Waals surface area contributed by atoms with Crippen LogP contribution in [0.4, 0.5) is 5.69 Å². The number of ketones is 2. The van der Waals surface area contributed by atoms with Crippen molar-refractivity contribution in [3.63, 3.8) is 0 Å². The van der Waals surface area contributed by atoms with E-state index in [0.717, 1.165) is 6.54 Å². The SMILES string of the molecule is CC(C)(C)C(=O)CC(=O)C(C)(C)C.CCN1[CH-]C(C)(C)c2ccccc21.[Ag+]. The number of nitrogens with zero attached hydrogens (tertiary/aromatic N) is 1. The number of hydrogen-bond acceptors (Lipinski definition) is 3. The average molecular weight is 466 g/mol. The molecule has 0 saturated carbocycles. The molecule has 0 radical (unpaired) electrons. The van der Waals surface area contributed by atoms with Crippen molar-refractivity contribution in [2.24, 2.45) is 10.8 Å². The third kappa shape index (κ3) is 7.21. The molecule has 0 fully saturated rings. The molecule has 0 spiro atoms. The first-order valence-electron chi connectivity index (χ1n) is 9.49. The van der Waals surface area contributed by atoms with Crippen LogP contribution in [0.2, 0.25) is 0 Å². The van der Waals surface area contributed by atoms with E-state index in [4.69, 9.17) is 0 Å². The number of rotatable bonds is 3.